The van der Waals surface area contributed by atoms with Gasteiger partial charge < -0.3 is 19.1 Å². The first kappa shape index (κ1) is 20.1. The minimum atomic E-state index is -0.514. The van der Waals surface area contributed by atoms with E-state index in [0.29, 0.717) is 51.3 Å². The summed E-state index contributed by atoms with van der Waals surface area (Å²) in [5.74, 6) is -0.547. The van der Waals surface area contributed by atoms with Gasteiger partial charge in [-0.2, -0.15) is 0 Å². The summed E-state index contributed by atoms with van der Waals surface area (Å²) in [6.45, 7) is 4.77. The third kappa shape index (κ3) is 4.09. The molecule has 158 valence electrons. The Morgan fingerprint density at radius 3 is 2.66 bits per heavy atom. The van der Waals surface area contributed by atoms with Gasteiger partial charge in [-0.1, -0.05) is 0 Å². The quantitative estimate of drug-likeness (QED) is 0.709. The van der Waals surface area contributed by atoms with Crippen molar-refractivity contribution in [1.82, 2.24) is 9.80 Å². The van der Waals surface area contributed by atoms with E-state index in [-0.39, 0.29) is 23.5 Å². The number of methoxy groups -OCH3 is 1. The predicted octanol–water partition coefficient (Wildman–Crippen LogP) is 1.70. The Hall–Kier alpha value is -2.19. The molecular formula is C21H27FN2O5. The van der Waals surface area contributed by atoms with E-state index >= 15 is 0 Å². The minimum absolute atomic E-state index is 0.105. The van der Waals surface area contributed by atoms with Gasteiger partial charge in [0.1, 0.15) is 17.7 Å². The predicted molar refractivity (Wildman–Crippen MR) is 102 cm³/mol. The van der Waals surface area contributed by atoms with Crippen LogP contribution in [0.3, 0.4) is 0 Å². The molecule has 0 aromatic heterocycles. The molecule has 29 heavy (non-hydrogen) atoms. The second-order valence-corrected chi connectivity index (χ2v) is 8.06. The lowest BCUT2D eigenvalue weighted by Crippen LogP contribution is -2.45. The SMILES string of the molecule is COc1ccc(F)cc1C(=O)N1CCC2(CC1)CC(CN1CCOCC1)OC2=O. The third-order valence-electron chi connectivity index (χ3n) is 6.29. The summed E-state index contributed by atoms with van der Waals surface area (Å²) in [5, 5.41) is 0. The Morgan fingerprint density at radius 2 is 1.97 bits per heavy atom. The van der Waals surface area contributed by atoms with Gasteiger partial charge in [0.25, 0.3) is 5.91 Å². The highest BCUT2D eigenvalue weighted by Crippen LogP contribution is 2.43. The Morgan fingerprint density at radius 1 is 1.24 bits per heavy atom. The molecule has 3 aliphatic heterocycles. The number of esters is 1. The van der Waals surface area contributed by atoms with Crippen LogP contribution in [0, 0.1) is 11.2 Å². The number of piperidine rings is 1. The van der Waals surface area contributed by atoms with E-state index in [1.165, 1.54) is 25.3 Å². The van der Waals surface area contributed by atoms with E-state index in [1.807, 2.05) is 0 Å². The van der Waals surface area contributed by atoms with E-state index < -0.39 is 11.2 Å². The van der Waals surface area contributed by atoms with Gasteiger partial charge in [-0.05, 0) is 31.0 Å². The highest BCUT2D eigenvalue weighted by atomic mass is 19.1. The number of amides is 1. The van der Waals surface area contributed by atoms with Crippen LogP contribution in [0.25, 0.3) is 0 Å². The van der Waals surface area contributed by atoms with Crippen LogP contribution in [0.2, 0.25) is 0 Å². The number of hydrogen-bond acceptors (Lipinski definition) is 6. The van der Waals surface area contributed by atoms with Crippen LogP contribution >= 0.6 is 0 Å². The number of ether oxygens (including phenoxy) is 3. The van der Waals surface area contributed by atoms with Crippen molar-refractivity contribution in [2.24, 2.45) is 5.41 Å². The van der Waals surface area contributed by atoms with Crippen LogP contribution in [-0.2, 0) is 14.3 Å². The van der Waals surface area contributed by atoms with Crippen molar-refractivity contribution in [2.45, 2.75) is 25.4 Å². The lowest BCUT2D eigenvalue weighted by Gasteiger charge is -2.36. The summed E-state index contributed by atoms with van der Waals surface area (Å²) < 4.78 is 29.9. The smallest absolute Gasteiger partial charge is 0.312 e. The van der Waals surface area contributed by atoms with Gasteiger partial charge in [-0.3, -0.25) is 14.5 Å². The van der Waals surface area contributed by atoms with Crippen LogP contribution in [0.4, 0.5) is 4.39 Å². The molecule has 1 aromatic rings. The number of rotatable bonds is 4. The van der Waals surface area contributed by atoms with Gasteiger partial charge in [-0.15, -0.1) is 0 Å². The first-order valence-electron chi connectivity index (χ1n) is 10.1. The van der Waals surface area contributed by atoms with Gasteiger partial charge in [-0.25, -0.2) is 4.39 Å². The number of carbonyl (C=O) groups excluding carboxylic acids is 2. The van der Waals surface area contributed by atoms with Crippen LogP contribution in [-0.4, -0.2) is 80.8 Å². The van der Waals surface area contributed by atoms with Crippen LogP contribution in [0.15, 0.2) is 18.2 Å². The Bertz CT molecular complexity index is 772. The summed E-state index contributed by atoms with van der Waals surface area (Å²) in [6, 6.07) is 3.93. The third-order valence-corrected chi connectivity index (χ3v) is 6.29. The molecule has 1 spiro atoms. The summed E-state index contributed by atoms with van der Waals surface area (Å²) in [5.41, 5.74) is -0.303. The molecule has 3 fully saturated rings. The summed E-state index contributed by atoms with van der Waals surface area (Å²) in [7, 11) is 1.46. The van der Waals surface area contributed by atoms with Crippen molar-refractivity contribution in [1.29, 1.82) is 0 Å². The molecule has 4 rings (SSSR count). The second-order valence-electron chi connectivity index (χ2n) is 8.06. The second kappa shape index (κ2) is 8.28. The fraction of sp³-hybridized carbons (Fsp3) is 0.619. The van der Waals surface area contributed by atoms with Gasteiger partial charge in [0, 0.05) is 39.1 Å². The lowest BCUT2D eigenvalue weighted by molar-refractivity contribution is -0.151. The molecule has 8 heteroatoms. The normalized spacial score (nSPS) is 24.6. The van der Waals surface area contributed by atoms with Crippen molar-refractivity contribution in [3.8, 4) is 5.75 Å². The monoisotopic (exact) mass is 406 g/mol. The molecule has 0 N–H and O–H groups in total. The largest absolute Gasteiger partial charge is 0.496 e. The molecule has 7 nitrogen and oxygen atoms in total. The maximum Gasteiger partial charge on any atom is 0.312 e. The molecule has 3 heterocycles. The van der Waals surface area contributed by atoms with E-state index in [9.17, 15) is 14.0 Å². The number of carbonyl (C=O) groups is 2. The first-order valence-corrected chi connectivity index (χ1v) is 10.1. The lowest BCUT2D eigenvalue weighted by atomic mass is 9.76. The molecule has 1 atom stereocenters. The van der Waals surface area contributed by atoms with E-state index in [1.54, 1.807) is 4.90 Å². The van der Waals surface area contributed by atoms with Crippen LogP contribution < -0.4 is 4.74 Å². The van der Waals surface area contributed by atoms with Crippen molar-refractivity contribution < 1.29 is 28.2 Å². The van der Waals surface area contributed by atoms with Gasteiger partial charge in [0.2, 0.25) is 0 Å². The standard InChI is InChI=1S/C21H27FN2O5/c1-27-18-3-2-15(22)12-17(18)19(25)24-6-4-21(5-7-24)13-16(29-20(21)26)14-23-8-10-28-11-9-23/h2-3,12,16H,4-11,13-14H2,1H3. The molecule has 1 amide bonds. The number of morpholine rings is 1. The molecule has 1 unspecified atom stereocenters. The van der Waals surface area contributed by atoms with Crippen molar-refractivity contribution in [3.05, 3.63) is 29.6 Å². The van der Waals surface area contributed by atoms with Crippen LogP contribution in [0.1, 0.15) is 29.6 Å². The minimum Gasteiger partial charge on any atom is -0.496 e. The van der Waals surface area contributed by atoms with Gasteiger partial charge >= 0.3 is 5.97 Å². The van der Waals surface area contributed by atoms with E-state index in [2.05, 4.69) is 4.90 Å². The zero-order valence-electron chi connectivity index (χ0n) is 16.7. The summed E-state index contributed by atoms with van der Waals surface area (Å²) >= 11 is 0. The average molecular weight is 406 g/mol. The highest BCUT2D eigenvalue weighted by molar-refractivity contribution is 5.97. The van der Waals surface area contributed by atoms with Crippen LogP contribution in [0.5, 0.6) is 5.75 Å². The number of benzene rings is 1. The first-order chi connectivity index (χ1) is 14.0. The molecule has 3 aliphatic rings. The fourth-order valence-corrected chi connectivity index (χ4v) is 4.57. The maximum atomic E-state index is 13.6. The fourth-order valence-electron chi connectivity index (χ4n) is 4.57. The number of nitrogens with zero attached hydrogens (tertiary/aromatic N) is 2. The van der Waals surface area contributed by atoms with Gasteiger partial charge in [0.15, 0.2) is 0 Å². The van der Waals surface area contributed by atoms with E-state index in [0.717, 1.165) is 19.6 Å². The summed E-state index contributed by atoms with van der Waals surface area (Å²) in [6.07, 6.45) is 1.71. The Kier molecular flexibility index (Phi) is 5.74. The number of halogens is 1. The molecule has 0 bridgehead atoms. The number of hydrogen-bond donors (Lipinski definition) is 0. The zero-order valence-corrected chi connectivity index (χ0v) is 16.7. The van der Waals surface area contributed by atoms with Gasteiger partial charge in [0.05, 0.1) is 31.3 Å². The maximum absolute atomic E-state index is 13.6. The highest BCUT2D eigenvalue weighted by Gasteiger charge is 2.51. The van der Waals surface area contributed by atoms with Crippen molar-refractivity contribution in [3.63, 3.8) is 0 Å². The molecular weight excluding hydrogens is 379 g/mol. The molecule has 1 aromatic carbocycles. The Balaban J connectivity index is 1.38. The van der Waals surface area contributed by atoms with E-state index in [4.69, 9.17) is 14.2 Å². The molecule has 3 saturated heterocycles. The average Bonchev–Trinajstić information content (AvgIpc) is 3.03. The molecule has 0 saturated carbocycles. The topological polar surface area (TPSA) is 68.3 Å². The molecule has 0 aliphatic carbocycles. The Labute approximate surface area is 169 Å². The van der Waals surface area contributed by atoms with Crippen molar-refractivity contribution >= 4 is 11.9 Å². The number of likely N-dealkylation sites (tertiary alicyclic amines) is 1. The summed E-state index contributed by atoms with van der Waals surface area (Å²) in [4.78, 5) is 29.5. The number of cyclic esters (lactones) is 1. The zero-order chi connectivity index (χ0) is 20.4. The van der Waals surface area contributed by atoms with Crippen molar-refractivity contribution in [2.75, 3.05) is 53.0 Å². The molecule has 0 radical (unpaired) electrons.